The van der Waals surface area contributed by atoms with Gasteiger partial charge in [0.25, 0.3) is 0 Å². The third-order valence-corrected chi connectivity index (χ3v) is 2.68. The van der Waals surface area contributed by atoms with Crippen LogP contribution >= 0.6 is 0 Å². The number of carbonyl (C=O) groups is 1. The number of rotatable bonds is 2. The molecule has 0 fully saturated rings. The number of carbonyl (C=O) groups excluding carboxylic acids is 1. The number of nitrogens with zero attached hydrogens (tertiary/aromatic N) is 1. The summed E-state index contributed by atoms with van der Waals surface area (Å²) in [5.41, 5.74) is -0.0599. The first-order valence-corrected chi connectivity index (χ1v) is 5.53. The molecule has 1 aromatic heterocycles. The van der Waals surface area contributed by atoms with Crippen molar-refractivity contribution >= 4 is 5.78 Å². The molecule has 1 aromatic carbocycles. The third-order valence-electron chi connectivity index (χ3n) is 2.68. The Labute approximate surface area is 107 Å². The Bertz CT molecular complexity index is 620. The number of hydrogen-bond donors (Lipinski definition) is 0. The molecule has 0 aliphatic rings. The molecule has 2 rings (SSSR count). The van der Waals surface area contributed by atoms with Gasteiger partial charge in [-0.05, 0) is 30.7 Å². The van der Waals surface area contributed by atoms with E-state index in [9.17, 15) is 18.0 Å². The summed E-state index contributed by atoms with van der Waals surface area (Å²) in [4.78, 5) is 16.0. The van der Waals surface area contributed by atoms with Crippen molar-refractivity contribution in [1.29, 1.82) is 0 Å². The lowest BCUT2D eigenvalue weighted by Crippen LogP contribution is -2.10. The molecular weight excluding hydrogens is 255 g/mol. The summed E-state index contributed by atoms with van der Waals surface area (Å²) in [5, 5.41) is 0. The standard InChI is InChI=1S/C14H10F3NO/c1-9-4-3-7-18-12(9)13(19)10-5-2-6-11(8-10)14(15,16)17/h2-8H,1H3. The number of benzene rings is 1. The van der Waals surface area contributed by atoms with Crippen LogP contribution in [0.3, 0.4) is 0 Å². The molecule has 0 bridgehead atoms. The van der Waals surface area contributed by atoms with Crippen LogP contribution in [-0.2, 0) is 6.18 Å². The second-order valence-corrected chi connectivity index (χ2v) is 4.08. The van der Waals surface area contributed by atoms with E-state index in [0.29, 0.717) is 5.56 Å². The minimum Gasteiger partial charge on any atom is -0.287 e. The van der Waals surface area contributed by atoms with Crippen molar-refractivity contribution in [1.82, 2.24) is 4.98 Å². The Kier molecular flexibility index (Phi) is 3.38. The lowest BCUT2D eigenvalue weighted by atomic mass is 10.0. The van der Waals surface area contributed by atoms with Gasteiger partial charge in [0.1, 0.15) is 5.69 Å². The summed E-state index contributed by atoms with van der Waals surface area (Å²) in [6.45, 7) is 1.69. The second-order valence-electron chi connectivity index (χ2n) is 4.08. The van der Waals surface area contributed by atoms with Crippen molar-refractivity contribution in [2.45, 2.75) is 13.1 Å². The predicted octanol–water partition coefficient (Wildman–Crippen LogP) is 3.64. The Balaban J connectivity index is 2.43. The van der Waals surface area contributed by atoms with Gasteiger partial charge in [-0.3, -0.25) is 9.78 Å². The van der Waals surface area contributed by atoms with Gasteiger partial charge in [0.05, 0.1) is 5.56 Å². The van der Waals surface area contributed by atoms with Crippen LogP contribution in [0.5, 0.6) is 0 Å². The van der Waals surface area contributed by atoms with Crippen molar-refractivity contribution < 1.29 is 18.0 Å². The van der Waals surface area contributed by atoms with Crippen molar-refractivity contribution in [3.63, 3.8) is 0 Å². The molecule has 1 heterocycles. The minimum atomic E-state index is -4.46. The molecule has 98 valence electrons. The molecule has 0 saturated carbocycles. The van der Waals surface area contributed by atoms with Crippen LogP contribution in [0.2, 0.25) is 0 Å². The summed E-state index contributed by atoms with van der Waals surface area (Å²) < 4.78 is 37.8. The summed E-state index contributed by atoms with van der Waals surface area (Å²) >= 11 is 0. The average molecular weight is 265 g/mol. The smallest absolute Gasteiger partial charge is 0.287 e. The number of aryl methyl sites for hydroxylation is 1. The maximum absolute atomic E-state index is 12.6. The van der Waals surface area contributed by atoms with Crippen LogP contribution in [0.4, 0.5) is 13.2 Å². The third kappa shape index (κ3) is 2.81. The molecule has 0 N–H and O–H groups in total. The highest BCUT2D eigenvalue weighted by Crippen LogP contribution is 2.30. The molecule has 19 heavy (non-hydrogen) atoms. The van der Waals surface area contributed by atoms with E-state index in [-0.39, 0.29) is 11.3 Å². The van der Waals surface area contributed by atoms with E-state index in [0.717, 1.165) is 12.1 Å². The fraction of sp³-hybridized carbons (Fsp3) is 0.143. The van der Waals surface area contributed by atoms with Crippen molar-refractivity contribution in [2.75, 3.05) is 0 Å². The molecule has 0 amide bonds. The van der Waals surface area contributed by atoms with E-state index in [1.165, 1.54) is 18.3 Å². The minimum absolute atomic E-state index is 0.0170. The van der Waals surface area contributed by atoms with Gasteiger partial charge in [-0.15, -0.1) is 0 Å². The lowest BCUT2D eigenvalue weighted by Gasteiger charge is -2.08. The van der Waals surface area contributed by atoms with Gasteiger partial charge >= 0.3 is 6.18 Å². The van der Waals surface area contributed by atoms with Crippen molar-refractivity contribution in [3.8, 4) is 0 Å². The summed E-state index contributed by atoms with van der Waals surface area (Å²) in [5.74, 6) is -0.510. The normalized spacial score (nSPS) is 11.4. The summed E-state index contributed by atoms with van der Waals surface area (Å²) in [6, 6.07) is 7.70. The lowest BCUT2D eigenvalue weighted by molar-refractivity contribution is -0.137. The fourth-order valence-electron chi connectivity index (χ4n) is 1.70. The van der Waals surface area contributed by atoms with Gasteiger partial charge in [-0.2, -0.15) is 13.2 Å². The van der Waals surface area contributed by atoms with E-state index in [1.54, 1.807) is 19.1 Å². The predicted molar refractivity (Wildman–Crippen MR) is 63.9 cm³/mol. The molecule has 2 nitrogen and oxygen atoms in total. The molecule has 0 spiro atoms. The highest BCUT2D eigenvalue weighted by atomic mass is 19.4. The fourth-order valence-corrected chi connectivity index (χ4v) is 1.70. The van der Waals surface area contributed by atoms with Gasteiger partial charge in [-0.25, -0.2) is 0 Å². The number of ketones is 1. The largest absolute Gasteiger partial charge is 0.416 e. The van der Waals surface area contributed by atoms with Gasteiger partial charge < -0.3 is 0 Å². The van der Waals surface area contributed by atoms with Gasteiger partial charge in [-0.1, -0.05) is 18.2 Å². The molecule has 5 heteroatoms. The molecule has 0 aliphatic carbocycles. The maximum Gasteiger partial charge on any atom is 0.416 e. The summed E-state index contributed by atoms with van der Waals surface area (Å²) in [6.07, 6.45) is -3.02. The van der Waals surface area contributed by atoms with Gasteiger partial charge in [0, 0.05) is 11.8 Å². The zero-order chi connectivity index (χ0) is 14.0. The first-order valence-electron chi connectivity index (χ1n) is 5.53. The number of aromatic nitrogens is 1. The van der Waals surface area contributed by atoms with E-state index < -0.39 is 17.5 Å². The Morgan fingerprint density at radius 3 is 2.53 bits per heavy atom. The van der Waals surface area contributed by atoms with E-state index in [2.05, 4.69) is 4.98 Å². The topological polar surface area (TPSA) is 30.0 Å². The van der Waals surface area contributed by atoms with E-state index in [1.807, 2.05) is 0 Å². The molecule has 0 radical (unpaired) electrons. The summed E-state index contributed by atoms with van der Waals surface area (Å²) in [7, 11) is 0. The second kappa shape index (κ2) is 4.84. The number of pyridine rings is 1. The molecule has 0 saturated heterocycles. The Hall–Kier alpha value is -2.17. The number of halogens is 3. The van der Waals surface area contributed by atoms with Crippen molar-refractivity contribution in [2.24, 2.45) is 0 Å². The highest BCUT2D eigenvalue weighted by Gasteiger charge is 2.31. The monoisotopic (exact) mass is 265 g/mol. The average Bonchev–Trinajstić information content (AvgIpc) is 2.38. The van der Waals surface area contributed by atoms with Crippen LogP contribution in [0.15, 0.2) is 42.6 Å². The SMILES string of the molecule is Cc1cccnc1C(=O)c1cccc(C(F)(F)F)c1. The highest BCUT2D eigenvalue weighted by molar-refractivity contribution is 6.08. The van der Waals surface area contributed by atoms with Crippen LogP contribution in [-0.4, -0.2) is 10.8 Å². The van der Waals surface area contributed by atoms with Crippen molar-refractivity contribution in [3.05, 3.63) is 65.0 Å². The molecular formula is C14H10F3NO. The molecule has 0 atom stereocenters. The number of hydrogen-bond acceptors (Lipinski definition) is 2. The Morgan fingerprint density at radius 2 is 1.89 bits per heavy atom. The van der Waals surface area contributed by atoms with Crippen LogP contribution in [0, 0.1) is 6.92 Å². The molecule has 0 unspecified atom stereocenters. The zero-order valence-corrected chi connectivity index (χ0v) is 10.0. The maximum atomic E-state index is 12.6. The number of alkyl halides is 3. The van der Waals surface area contributed by atoms with Crippen LogP contribution in [0.25, 0.3) is 0 Å². The van der Waals surface area contributed by atoms with Crippen LogP contribution < -0.4 is 0 Å². The van der Waals surface area contributed by atoms with Gasteiger partial charge in [0.2, 0.25) is 5.78 Å². The van der Waals surface area contributed by atoms with Crippen LogP contribution in [0.1, 0.15) is 27.2 Å². The first kappa shape index (κ1) is 13.3. The molecule has 0 aliphatic heterocycles. The quantitative estimate of drug-likeness (QED) is 0.776. The first-order chi connectivity index (χ1) is 8.89. The zero-order valence-electron chi connectivity index (χ0n) is 10.0. The van der Waals surface area contributed by atoms with Gasteiger partial charge in [0.15, 0.2) is 0 Å². The van der Waals surface area contributed by atoms with E-state index >= 15 is 0 Å². The van der Waals surface area contributed by atoms with E-state index in [4.69, 9.17) is 0 Å². The molecule has 2 aromatic rings. The Morgan fingerprint density at radius 1 is 1.16 bits per heavy atom.